The molecule has 0 unspecified atom stereocenters. The Labute approximate surface area is 176 Å². The fraction of sp³-hybridized carbons (Fsp3) is 0.0370. The molecule has 3 heteroatoms. The van der Waals surface area contributed by atoms with Crippen molar-refractivity contribution < 1.29 is 0 Å². The van der Waals surface area contributed by atoms with E-state index in [4.69, 9.17) is 5.10 Å². The summed E-state index contributed by atoms with van der Waals surface area (Å²) in [5.74, 6) is 0. The highest BCUT2D eigenvalue weighted by atomic mass is 15.3. The van der Waals surface area contributed by atoms with E-state index in [1.54, 1.807) is 6.20 Å². The average Bonchev–Trinajstić information content (AvgIpc) is 3.33. The second-order valence-corrected chi connectivity index (χ2v) is 7.22. The van der Waals surface area contributed by atoms with Gasteiger partial charge in [-0.2, -0.15) is 5.10 Å². The van der Waals surface area contributed by atoms with Crippen molar-refractivity contribution in [1.82, 2.24) is 14.8 Å². The molecule has 144 valence electrons. The van der Waals surface area contributed by atoms with Crippen molar-refractivity contribution >= 4 is 0 Å². The number of nitrogens with zero attached hydrogens (tertiary/aromatic N) is 3. The summed E-state index contributed by atoms with van der Waals surface area (Å²) in [5.41, 5.74) is 4.96. The third-order valence-electron chi connectivity index (χ3n) is 5.50. The third kappa shape index (κ3) is 3.01. The Morgan fingerprint density at radius 1 is 0.533 bits per heavy atom. The van der Waals surface area contributed by atoms with E-state index in [0.717, 1.165) is 27.8 Å². The fourth-order valence-corrected chi connectivity index (χ4v) is 4.12. The molecule has 0 fully saturated rings. The van der Waals surface area contributed by atoms with E-state index in [9.17, 15) is 0 Å². The summed E-state index contributed by atoms with van der Waals surface area (Å²) < 4.78 is 2.08. The Morgan fingerprint density at radius 3 is 1.53 bits per heavy atom. The molecule has 2 aromatic heterocycles. The van der Waals surface area contributed by atoms with Crippen LogP contribution in [0.3, 0.4) is 0 Å². The van der Waals surface area contributed by atoms with E-state index >= 15 is 0 Å². The molecular weight excluding hydrogens is 366 g/mol. The molecule has 2 heterocycles. The van der Waals surface area contributed by atoms with Crippen LogP contribution in [0.5, 0.6) is 0 Å². The molecule has 3 aromatic carbocycles. The molecule has 0 aliphatic carbocycles. The molecule has 0 radical (unpaired) electrons. The zero-order valence-electron chi connectivity index (χ0n) is 16.5. The van der Waals surface area contributed by atoms with Gasteiger partial charge in [-0.25, -0.2) is 0 Å². The van der Waals surface area contributed by atoms with Crippen molar-refractivity contribution in [2.75, 3.05) is 0 Å². The van der Waals surface area contributed by atoms with Gasteiger partial charge in [0.25, 0.3) is 0 Å². The van der Waals surface area contributed by atoms with Crippen LogP contribution in [0.2, 0.25) is 0 Å². The normalized spacial score (nSPS) is 11.3. The molecule has 0 saturated carbocycles. The summed E-state index contributed by atoms with van der Waals surface area (Å²) in [5, 5.41) is 4.88. The molecule has 5 aromatic rings. The number of pyridine rings is 1. The van der Waals surface area contributed by atoms with Crippen molar-refractivity contribution in [2.24, 2.45) is 0 Å². The van der Waals surface area contributed by atoms with E-state index in [2.05, 4.69) is 113 Å². The second-order valence-electron chi connectivity index (χ2n) is 7.22. The minimum absolute atomic E-state index is 0.593. The van der Waals surface area contributed by atoms with Crippen molar-refractivity contribution in [3.8, 4) is 11.1 Å². The van der Waals surface area contributed by atoms with Crippen LogP contribution in [0.25, 0.3) is 11.1 Å². The van der Waals surface area contributed by atoms with Gasteiger partial charge in [-0.15, -0.1) is 0 Å². The minimum atomic E-state index is -0.593. The fourth-order valence-electron chi connectivity index (χ4n) is 4.12. The van der Waals surface area contributed by atoms with Gasteiger partial charge in [-0.05, 0) is 22.8 Å². The highest BCUT2D eigenvalue weighted by molar-refractivity contribution is 5.61. The first-order chi connectivity index (χ1) is 14.9. The monoisotopic (exact) mass is 387 g/mol. The molecule has 5 rings (SSSR count). The topological polar surface area (TPSA) is 30.7 Å². The van der Waals surface area contributed by atoms with Crippen LogP contribution in [-0.4, -0.2) is 14.8 Å². The first-order valence-corrected chi connectivity index (χ1v) is 10.0. The molecule has 0 atom stereocenters. The maximum atomic E-state index is 4.88. The Bertz CT molecular complexity index is 1120. The average molecular weight is 387 g/mol. The van der Waals surface area contributed by atoms with Gasteiger partial charge in [-0.1, -0.05) is 97.1 Å². The van der Waals surface area contributed by atoms with Gasteiger partial charge in [-0.3, -0.25) is 9.67 Å². The van der Waals surface area contributed by atoms with Crippen LogP contribution in [0, 0.1) is 0 Å². The van der Waals surface area contributed by atoms with Crippen LogP contribution in [-0.2, 0) is 5.54 Å². The van der Waals surface area contributed by atoms with Gasteiger partial charge >= 0.3 is 0 Å². The number of hydrogen-bond acceptors (Lipinski definition) is 2. The lowest BCUT2D eigenvalue weighted by molar-refractivity contribution is 0.460. The molecule has 0 aliphatic heterocycles. The summed E-state index contributed by atoms with van der Waals surface area (Å²) in [6.07, 6.45) is 7.69. The van der Waals surface area contributed by atoms with Gasteiger partial charge < -0.3 is 0 Å². The minimum Gasteiger partial charge on any atom is -0.264 e. The zero-order chi connectivity index (χ0) is 20.2. The Kier molecular flexibility index (Phi) is 4.70. The highest BCUT2D eigenvalue weighted by Crippen LogP contribution is 2.40. The van der Waals surface area contributed by atoms with E-state index in [1.807, 2.05) is 18.5 Å². The van der Waals surface area contributed by atoms with E-state index in [0.29, 0.717) is 0 Å². The van der Waals surface area contributed by atoms with Gasteiger partial charge in [0.15, 0.2) is 0 Å². The van der Waals surface area contributed by atoms with E-state index in [-0.39, 0.29) is 0 Å². The van der Waals surface area contributed by atoms with Crippen molar-refractivity contribution in [3.63, 3.8) is 0 Å². The van der Waals surface area contributed by atoms with Crippen LogP contribution >= 0.6 is 0 Å². The molecule has 0 saturated heterocycles. The summed E-state index contributed by atoms with van der Waals surface area (Å²) in [6, 6.07) is 35.7. The standard InChI is InChI=1S/C27H21N3/c1-4-12-24(13-5-1)27(25-14-6-2-7-15-25,26-16-8-3-9-17-26)30-21-23(20-29-30)22-11-10-18-28-19-22/h1-21H. The Morgan fingerprint density at radius 2 is 1.07 bits per heavy atom. The van der Waals surface area contributed by atoms with Crippen LogP contribution < -0.4 is 0 Å². The maximum Gasteiger partial charge on any atom is 0.138 e. The molecule has 3 nitrogen and oxygen atoms in total. The van der Waals surface area contributed by atoms with Crippen molar-refractivity contribution in [2.45, 2.75) is 5.54 Å². The zero-order valence-corrected chi connectivity index (χ0v) is 16.5. The number of aromatic nitrogens is 3. The Hall–Kier alpha value is -3.98. The predicted octanol–water partition coefficient (Wildman–Crippen LogP) is 5.79. The Balaban J connectivity index is 1.82. The lowest BCUT2D eigenvalue weighted by atomic mass is 9.77. The van der Waals surface area contributed by atoms with Crippen LogP contribution in [0.4, 0.5) is 0 Å². The van der Waals surface area contributed by atoms with E-state index < -0.39 is 5.54 Å². The summed E-state index contributed by atoms with van der Waals surface area (Å²) >= 11 is 0. The quantitative estimate of drug-likeness (QED) is 0.358. The number of rotatable bonds is 5. The molecule has 0 aliphatic rings. The summed E-state index contributed by atoms with van der Waals surface area (Å²) in [7, 11) is 0. The molecule has 0 spiro atoms. The largest absolute Gasteiger partial charge is 0.264 e. The predicted molar refractivity (Wildman–Crippen MR) is 120 cm³/mol. The smallest absolute Gasteiger partial charge is 0.138 e. The maximum absolute atomic E-state index is 4.88. The first kappa shape index (κ1) is 18.1. The number of benzene rings is 3. The molecule has 0 amide bonds. The van der Waals surface area contributed by atoms with Crippen LogP contribution in [0.15, 0.2) is 128 Å². The van der Waals surface area contributed by atoms with Crippen molar-refractivity contribution in [3.05, 3.63) is 145 Å². The van der Waals surface area contributed by atoms with Gasteiger partial charge in [0.2, 0.25) is 0 Å². The highest BCUT2D eigenvalue weighted by Gasteiger charge is 2.39. The summed E-state index contributed by atoms with van der Waals surface area (Å²) in [6.45, 7) is 0. The summed E-state index contributed by atoms with van der Waals surface area (Å²) in [4.78, 5) is 4.27. The van der Waals surface area contributed by atoms with Gasteiger partial charge in [0.05, 0.1) is 6.20 Å². The lowest BCUT2D eigenvalue weighted by Gasteiger charge is -2.36. The van der Waals surface area contributed by atoms with Crippen molar-refractivity contribution in [1.29, 1.82) is 0 Å². The lowest BCUT2D eigenvalue weighted by Crippen LogP contribution is -2.38. The SMILES string of the molecule is c1ccc(C(c2ccccc2)(c2ccccc2)n2cc(-c3cccnc3)cn2)cc1. The molecule has 0 N–H and O–H groups in total. The van der Waals surface area contributed by atoms with Gasteiger partial charge in [0, 0.05) is 29.7 Å². The van der Waals surface area contributed by atoms with E-state index in [1.165, 1.54) is 0 Å². The number of hydrogen-bond donors (Lipinski definition) is 0. The molecule has 30 heavy (non-hydrogen) atoms. The molecule has 0 bridgehead atoms. The second kappa shape index (κ2) is 7.80. The van der Waals surface area contributed by atoms with Crippen LogP contribution in [0.1, 0.15) is 16.7 Å². The first-order valence-electron chi connectivity index (χ1n) is 10.0. The third-order valence-corrected chi connectivity index (χ3v) is 5.50. The molecular formula is C27H21N3. The van der Waals surface area contributed by atoms with Gasteiger partial charge in [0.1, 0.15) is 5.54 Å².